The Bertz CT molecular complexity index is 512. The van der Waals surface area contributed by atoms with E-state index in [9.17, 15) is 0 Å². The molecule has 1 heteroatoms. The van der Waals surface area contributed by atoms with Crippen LogP contribution in [0.15, 0.2) is 47.4 Å². The van der Waals surface area contributed by atoms with Gasteiger partial charge in [-0.3, -0.25) is 0 Å². The van der Waals surface area contributed by atoms with E-state index >= 15 is 0 Å². The molecule has 0 amide bonds. The highest BCUT2D eigenvalue weighted by Gasteiger charge is 1.99. The van der Waals surface area contributed by atoms with Crippen LogP contribution in [0.1, 0.15) is 29.2 Å². The molecule has 0 radical (unpaired) electrons. The third-order valence-electron chi connectivity index (χ3n) is 3.03. The van der Waals surface area contributed by atoms with Crippen molar-refractivity contribution in [2.45, 2.75) is 37.8 Å². The molecule has 0 saturated heterocycles. The minimum atomic E-state index is 1.05. The van der Waals surface area contributed by atoms with Crippen LogP contribution in [0, 0.1) is 13.8 Å². The molecule has 0 aliphatic heterocycles. The lowest BCUT2D eigenvalue weighted by Gasteiger charge is -2.06. The largest absolute Gasteiger partial charge is 0.121 e. The highest BCUT2D eigenvalue weighted by Crippen LogP contribution is 2.24. The Hall–Kier alpha value is -1.21. The summed E-state index contributed by atoms with van der Waals surface area (Å²) in [4.78, 5) is 1.35. The van der Waals surface area contributed by atoms with Crippen molar-refractivity contribution in [1.29, 1.82) is 0 Å². The van der Waals surface area contributed by atoms with Gasteiger partial charge in [-0.1, -0.05) is 48.4 Å². The van der Waals surface area contributed by atoms with Crippen molar-refractivity contribution in [3.05, 3.63) is 64.7 Å². The Morgan fingerprint density at radius 2 is 1.50 bits per heavy atom. The van der Waals surface area contributed by atoms with Crippen LogP contribution in [0.25, 0.3) is 0 Å². The van der Waals surface area contributed by atoms with E-state index in [-0.39, 0.29) is 0 Å². The molecule has 0 aliphatic carbocycles. The maximum Gasteiger partial charge on any atom is 0.0232 e. The minimum absolute atomic E-state index is 1.05. The molecule has 94 valence electrons. The third kappa shape index (κ3) is 3.64. The first-order valence-corrected chi connectivity index (χ1v) is 7.45. The maximum absolute atomic E-state index is 2.33. The molecule has 0 fully saturated rings. The van der Waals surface area contributed by atoms with Crippen molar-refractivity contribution in [3.8, 4) is 0 Å². The second-order valence-corrected chi connectivity index (χ2v) is 5.83. The number of benzene rings is 2. The van der Waals surface area contributed by atoms with Crippen LogP contribution in [-0.4, -0.2) is 0 Å². The fourth-order valence-electron chi connectivity index (χ4n) is 2.04. The van der Waals surface area contributed by atoms with Crippen molar-refractivity contribution < 1.29 is 0 Å². The molecule has 0 saturated carbocycles. The van der Waals surface area contributed by atoms with Gasteiger partial charge in [0.25, 0.3) is 0 Å². The van der Waals surface area contributed by atoms with E-state index in [4.69, 9.17) is 0 Å². The fraction of sp³-hybridized carbons (Fsp3) is 0.294. The van der Waals surface area contributed by atoms with Crippen molar-refractivity contribution in [2.75, 3.05) is 0 Å². The lowest BCUT2D eigenvalue weighted by atomic mass is 10.1. The molecular formula is C17H20S. The quantitative estimate of drug-likeness (QED) is 0.681. The van der Waals surface area contributed by atoms with Gasteiger partial charge in [-0.05, 0) is 43.5 Å². The summed E-state index contributed by atoms with van der Waals surface area (Å²) < 4.78 is 0. The van der Waals surface area contributed by atoms with Gasteiger partial charge < -0.3 is 0 Å². The molecule has 2 rings (SSSR count). The van der Waals surface area contributed by atoms with E-state index in [2.05, 4.69) is 63.2 Å². The zero-order valence-electron chi connectivity index (χ0n) is 11.4. The van der Waals surface area contributed by atoms with Gasteiger partial charge in [0, 0.05) is 10.6 Å². The van der Waals surface area contributed by atoms with Gasteiger partial charge >= 0.3 is 0 Å². The van der Waals surface area contributed by atoms with Crippen LogP contribution in [0.2, 0.25) is 0 Å². The third-order valence-corrected chi connectivity index (χ3v) is 4.11. The van der Waals surface area contributed by atoms with Gasteiger partial charge in [0.1, 0.15) is 0 Å². The average Bonchev–Trinajstić information content (AvgIpc) is 2.37. The summed E-state index contributed by atoms with van der Waals surface area (Å²) in [6.45, 7) is 6.52. The Labute approximate surface area is 114 Å². The summed E-state index contributed by atoms with van der Waals surface area (Å²) >= 11 is 1.91. The van der Waals surface area contributed by atoms with Crippen LogP contribution in [0.5, 0.6) is 0 Å². The standard InChI is InChI=1S/C17H20S/c1-4-15-9-14(3)10-16(11-15)12-18-17-7-5-13(2)6-8-17/h5-11H,4,12H2,1-3H3. The zero-order valence-corrected chi connectivity index (χ0v) is 12.2. The molecule has 0 atom stereocenters. The zero-order chi connectivity index (χ0) is 13.0. The summed E-state index contributed by atoms with van der Waals surface area (Å²) in [5, 5.41) is 0. The Kier molecular flexibility index (Phi) is 4.48. The monoisotopic (exact) mass is 256 g/mol. The first-order valence-electron chi connectivity index (χ1n) is 6.46. The molecule has 2 aromatic carbocycles. The van der Waals surface area contributed by atoms with Gasteiger partial charge in [-0.25, -0.2) is 0 Å². The molecule has 0 spiro atoms. The normalized spacial score (nSPS) is 10.6. The van der Waals surface area contributed by atoms with E-state index < -0.39 is 0 Å². The van der Waals surface area contributed by atoms with Gasteiger partial charge in [0.2, 0.25) is 0 Å². The number of rotatable bonds is 4. The van der Waals surface area contributed by atoms with Crippen LogP contribution in [-0.2, 0) is 12.2 Å². The molecule has 0 aliphatic rings. The lowest BCUT2D eigenvalue weighted by molar-refractivity contribution is 1.12. The molecule has 0 nitrogen and oxygen atoms in total. The molecule has 0 bridgehead atoms. The van der Waals surface area contributed by atoms with Crippen LogP contribution < -0.4 is 0 Å². The first-order chi connectivity index (χ1) is 8.67. The SMILES string of the molecule is CCc1cc(C)cc(CSc2ccc(C)cc2)c1. The predicted octanol–water partition coefficient (Wildman–Crippen LogP) is 5.16. The van der Waals surface area contributed by atoms with Gasteiger partial charge in [0.05, 0.1) is 0 Å². The molecule has 18 heavy (non-hydrogen) atoms. The topological polar surface area (TPSA) is 0 Å². The fourth-order valence-corrected chi connectivity index (χ4v) is 2.87. The number of aryl methyl sites for hydroxylation is 3. The first kappa shape index (κ1) is 13.2. The van der Waals surface area contributed by atoms with Gasteiger partial charge in [-0.2, -0.15) is 0 Å². The van der Waals surface area contributed by atoms with Crippen LogP contribution in [0.3, 0.4) is 0 Å². The van der Waals surface area contributed by atoms with Crippen molar-refractivity contribution in [3.63, 3.8) is 0 Å². The van der Waals surface area contributed by atoms with E-state index in [1.807, 2.05) is 11.8 Å². The van der Waals surface area contributed by atoms with E-state index in [0.29, 0.717) is 0 Å². The van der Waals surface area contributed by atoms with E-state index in [1.54, 1.807) is 0 Å². The van der Waals surface area contributed by atoms with Crippen LogP contribution >= 0.6 is 11.8 Å². The van der Waals surface area contributed by atoms with Gasteiger partial charge in [-0.15, -0.1) is 11.8 Å². The molecular weight excluding hydrogens is 236 g/mol. The molecule has 2 aromatic rings. The smallest absolute Gasteiger partial charge is 0.0232 e. The molecule has 0 N–H and O–H groups in total. The van der Waals surface area contributed by atoms with Crippen LogP contribution in [0.4, 0.5) is 0 Å². The summed E-state index contributed by atoms with van der Waals surface area (Å²) in [6, 6.07) is 15.7. The average molecular weight is 256 g/mol. The van der Waals surface area contributed by atoms with Crippen molar-refractivity contribution in [1.82, 2.24) is 0 Å². The minimum Gasteiger partial charge on any atom is -0.121 e. The Balaban J connectivity index is 2.05. The second-order valence-electron chi connectivity index (χ2n) is 4.78. The highest BCUT2D eigenvalue weighted by atomic mass is 32.2. The summed E-state index contributed by atoms with van der Waals surface area (Å²) in [7, 11) is 0. The van der Waals surface area contributed by atoms with E-state index in [1.165, 1.54) is 27.1 Å². The number of hydrogen-bond donors (Lipinski definition) is 0. The predicted molar refractivity (Wildman–Crippen MR) is 81.3 cm³/mol. The number of hydrogen-bond acceptors (Lipinski definition) is 1. The second kappa shape index (κ2) is 6.10. The molecule has 0 aromatic heterocycles. The van der Waals surface area contributed by atoms with Crippen molar-refractivity contribution in [2.24, 2.45) is 0 Å². The van der Waals surface area contributed by atoms with E-state index in [0.717, 1.165) is 12.2 Å². The molecule has 0 heterocycles. The van der Waals surface area contributed by atoms with Crippen molar-refractivity contribution >= 4 is 11.8 Å². The molecule has 0 unspecified atom stereocenters. The summed E-state index contributed by atoms with van der Waals surface area (Å²) in [5.74, 6) is 1.05. The maximum atomic E-state index is 2.33. The van der Waals surface area contributed by atoms with Gasteiger partial charge in [0.15, 0.2) is 0 Å². The Morgan fingerprint density at radius 1 is 0.833 bits per heavy atom. The number of thioether (sulfide) groups is 1. The summed E-state index contributed by atoms with van der Waals surface area (Å²) in [5.41, 5.74) is 5.56. The summed E-state index contributed by atoms with van der Waals surface area (Å²) in [6.07, 6.45) is 1.11. The highest BCUT2D eigenvalue weighted by molar-refractivity contribution is 7.98. The Morgan fingerprint density at radius 3 is 2.17 bits per heavy atom. The lowest BCUT2D eigenvalue weighted by Crippen LogP contribution is -1.88.